The number of rotatable bonds is 8. The minimum atomic E-state index is -0.768. The van der Waals surface area contributed by atoms with E-state index in [0.29, 0.717) is 19.5 Å². The second kappa shape index (κ2) is 6.48. The van der Waals surface area contributed by atoms with Crippen LogP contribution in [0.5, 0.6) is 0 Å². The molecule has 1 fully saturated rings. The Morgan fingerprint density at radius 2 is 2.06 bits per heavy atom. The zero-order chi connectivity index (χ0) is 12.0. The molecule has 0 aliphatic heterocycles. The average molecular weight is 228 g/mol. The zero-order valence-corrected chi connectivity index (χ0v) is 9.66. The molecule has 16 heavy (non-hydrogen) atoms. The monoisotopic (exact) mass is 228 g/mol. The number of carboxylic acid groups (broad SMARTS) is 1. The van der Waals surface area contributed by atoms with Gasteiger partial charge in [-0.2, -0.15) is 0 Å². The molecule has 3 N–H and O–H groups in total. The van der Waals surface area contributed by atoms with E-state index in [1.54, 1.807) is 0 Å². The summed E-state index contributed by atoms with van der Waals surface area (Å²) in [6.45, 7) is 3.26. The highest BCUT2D eigenvalue weighted by atomic mass is 16.4. The summed E-state index contributed by atoms with van der Waals surface area (Å²) in [6.07, 6.45) is 2.84. The highest BCUT2D eigenvalue weighted by Gasteiger charge is 2.28. The summed E-state index contributed by atoms with van der Waals surface area (Å²) in [5.74, 6) is -0.361. The van der Waals surface area contributed by atoms with Gasteiger partial charge in [0.2, 0.25) is 5.91 Å². The molecule has 0 aromatic heterocycles. The van der Waals surface area contributed by atoms with Crippen molar-refractivity contribution in [2.75, 3.05) is 13.1 Å². The van der Waals surface area contributed by atoms with Crippen molar-refractivity contribution in [3.05, 3.63) is 0 Å². The highest BCUT2D eigenvalue weighted by molar-refractivity contribution is 5.80. The van der Waals surface area contributed by atoms with Gasteiger partial charge in [0.25, 0.3) is 0 Å². The van der Waals surface area contributed by atoms with Gasteiger partial charge >= 0.3 is 5.97 Å². The number of carboxylic acids is 1. The molecule has 0 saturated heterocycles. The topological polar surface area (TPSA) is 78.4 Å². The van der Waals surface area contributed by atoms with Crippen LogP contribution in [-0.4, -0.2) is 36.1 Å². The normalized spacial score (nSPS) is 16.8. The molecule has 1 aliphatic rings. The molecule has 92 valence electrons. The van der Waals surface area contributed by atoms with E-state index in [9.17, 15) is 9.59 Å². The zero-order valence-electron chi connectivity index (χ0n) is 9.66. The highest BCUT2D eigenvalue weighted by Crippen LogP contribution is 2.28. The minimum absolute atomic E-state index is 0.153. The average Bonchev–Trinajstić information content (AvgIpc) is 3.04. The molecule has 0 aromatic carbocycles. The van der Waals surface area contributed by atoms with Crippen LogP contribution in [0, 0.1) is 5.92 Å². The Morgan fingerprint density at radius 3 is 2.62 bits per heavy atom. The predicted octanol–water partition coefficient (Wildman–Crippen LogP) is 0.355. The Bertz CT molecular complexity index is 252. The first-order valence-corrected chi connectivity index (χ1v) is 5.82. The Kier molecular flexibility index (Phi) is 5.25. The van der Waals surface area contributed by atoms with Crippen molar-refractivity contribution in [2.45, 2.75) is 38.6 Å². The van der Waals surface area contributed by atoms with Gasteiger partial charge in [-0.15, -0.1) is 0 Å². The van der Waals surface area contributed by atoms with E-state index in [4.69, 9.17) is 5.11 Å². The lowest BCUT2D eigenvalue weighted by molar-refractivity contribution is -0.137. The van der Waals surface area contributed by atoms with Gasteiger partial charge < -0.3 is 15.7 Å². The van der Waals surface area contributed by atoms with Crippen molar-refractivity contribution in [1.29, 1.82) is 0 Å². The second-order valence-corrected chi connectivity index (χ2v) is 4.35. The van der Waals surface area contributed by atoms with Gasteiger partial charge in [0, 0.05) is 31.5 Å². The molecule has 0 bridgehead atoms. The molecule has 1 amide bonds. The van der Waals surface area contributed by atoms with Gasteiger partial charge in [-0.25, -0.2) is 0 Å². The number of hydrogen-bond acceptors (Lipinski definition) is 3. The van der Waals surface area contributed by atoms with Crippen LogP contribution in [0.1, 0.15) is 32.6 Å². The summed E-state index contributed by atoms with van der Waals surface area (Å²) in [4.78, 5) is 21.6. The van der Waals surface area contributed by atoms with Gasteiger partial charge in [0.05, 0.1) is 0 Å². The molecule has 1 saturated carbocycles. The largest absolute Gasteiger partial charge is 0.481 e. The predicted molar refractivity (Wildman–Crippen MR) is 60.1 cm³/mol. The third-order valence-electron chi connectivity index (χ3n) is 2.66. The van der Waals surface area contributed by atoms with Crippen LogP contribution >= 0.6 is 0 Å². The van der Waals surface area contributed by atoms with Gasteiger partial charge in [0.15, 0.2) is 0 Å². The summed E-state index contributed by atoms with van der Waals surface area (Å²) < 4.78 is 0. The van der Waals surface area contributed by atoms with Gasteiger partial charge in [0.1, 0.15) is 0 Å². The van der Waals surface area contributed by atoms with Crippen LogP contribution < -0.4 is 10.6 Å². The summed E-state index contributed by atoms with van der Waals surface area (Å²) >= 11 is 0. The van der Waals surface area contributed by atoms with Crippen LogP contribution in [0.3, 0.4) is 0 Å². The van der Waals surface area contributed by atoms with Crippen LogP contribution in [0.4, 0.5) is 0 Å². The molecule has 0 aromatic rings. The summed E-state index contributed by atoms with van der Waals surface area (Å²) in [7, 11) is 0. The van der Waals surface area contributed by atoms with Crippen LogP contribution in [0.25, 0.3) is 0 Å². The van der Waals surface area contributed by atoms with Crippen molar-refractivity contribution in [1.82, 2.24) is 10.6 Å². The Labute approximate surface area is 95.6 Å². The van der Waals surface area contributed by atoms with E-state index in [1.165, 1.54) is 0 Å². The van der Waals surface area contributed by atoms with Crippen LogP contribution in [0.2, 0.25) is 0 Å². The third-order valence-corrected chi connectivity index (χ3v) is 2.66. The van der Waals surface area contributed by atoms with Gasteiger partial charge in [-0.3, -0.25) is 9.59 Å². The molecule has 1 unspecified atom stereocenters. The van der Waals surface area contributed by atoms with Gasteiger partial charge in [-0.05, 0) is 26.2 Å². The minimum Gasteiger partial charge on any atom is -0.481 e. The first kappa shape index (κ1) is 13.0. The van der Waals surface area contributed by atoms with Gasteiger partial charge in [-0.1, -0.05) is 0 Å². The Balaban J connectivity index is 1.93. The van der Waals surface area contributed by atoms with E-state index < -0.39 is 5.97 Å². The maximum Gasteiger partial charge on any atom is 0.303 e. The molecule has 1 rings (SSSR count). The SMILES string of the molecule is CC(CCC(=O)O)NCCNC(=O)C1CC1. The number of hydrogen-bond donors (Lipinski definition) is 3. The smallest absolute Gasteiger partial charge is 0.303 e. The van der Waals surface area contributed by atoms with Crippen molar-refractivity contribution < 1.29 is 14.7 Å². The van der Waals surface area contributed by atoms with Crippen molar-refractivity contribution in [2.24, 2.45) is 5.92 Å². The lowest BCUT2D eigenvalue weighted by Crippen LogP contribution is -2.36. The summed E-state index contributed by atoms with van der Waals surface area (Å²) in [5.41, 5.74) is 0. The molecule has 0 radical (unpaired) electrons. The van der Waals surface area contributed by atoms with E-state index in [1.807, 2.05) is 6.92 Å². The third kappa shape index (κ3) is 5.70. The van der Waals surface area contributed by atoms with Crippen molar-refractivity contribution >= 4 is 11.9 Å². The van der Waals surface area contributed by atoms with E-state index in [0.717, 1.165) is 12.8 Å². The molecule has 0 spiro atoms. The summed E-state index contributed by atoms with van der Waals surface area (Å²) in [5, 5.41) is 14.5. The van der Waals surface area contributed by atoms with E-state index in [2.05, 4.69) is 10.6 Å². The Hall–Kier alpha value is -1.10. The standard InChI is InChI=1S/C11H20N2O3/c1-8(2-5-10(14)15)12-6-7-13-11(16)9-3-4-9/h8-9,12H,2-7H2,1H3,(H,13,16)(H,14,15). The lowest BCUT2D eigenvalue weighted by atomic mass is 10.2. The molecule has 0 heterocycles. The quantitative estimate of drug-likeness (QED) is 0.524. The number of nitrogens with one attached hydrogen (secondary N) is 2. The fourth-order valence-corrected chi connectivity index (χ4v) is 1.44. The van der Waals surface area contributed by atoms with Crippen LogP contribution in [-0.2, 0) is 9.59 Å². The van der Waals surface area contributed by atoms with E-state index >= 15 is 0 Å². The first-order chi connectivity index (χ1) is 7.59. The number of carbonyl (C=O) groups excluding carboxylic acids is 1. The molecular weight excluding hydrogens is 208 g/mol. The fourth-order valence-electron chi connectivity index (χ4n) is 1.44. The maximum atomic E-state index is 11.2. The lowest BCUT2D eigenvalue weighted by Gasteiger charge is -2.12. The van der Waals surface area contributed by atoms with E-state index in [-0.39, 0.29) is 24.3 Å². The summed E-state index contributed by atoms with van der Waals surface area (Å²) in [6, 6.07) is 0.175. The fraction of sp³-hybridized carbons (Fsp3) is 0.818. The Morgan fingerprint density at radius 1 is 1.38 bits per heavy atom. The van der Waals surface area contributed by atoms with Crippen LogP contribution in [0.15, 0.2) is 0 Å². The second-order valence-electron chi connectivity index (χ2n) is 4.35. The van der Waals surface area contributed by atoms with Crippen molar-refractivity contribution in [3.8, 4) is 0 Å². The first-order valence-electron chi connectivity index (χ1n) is 5.82. The number of carbonyl (C=O) groups is 2. The molecule has 5 heteroatoms. The number of aliphatic carboxylic acids is 1. The molecule has 1 aliphatic carbocycles. The number of amides is 1. The molecule has 1 atom stereocenters. The van der Waals surface area contributed by atoms with Crippen molar-refractivity contribution in [3.63, 3.8) is 0 Å². The maximum absolute atomic E-state index is 11.2. The molecule has 5 nitrogen and oxygen atoms in total. The molecular formula is C11H20N2O3.